The van der Waals surface area contributed by atoms with Crippen LogP contribution >= 0.6 is 24.0 Å². The minimum absolute atomic E-state index is 0.199. The number of amides is 1. The molecule has 2 aromatic rings. The second-order valence-electron chi connectivity index (χ2n) is 6.60. The number of carbonyl (C=O) groups is 1. The Hall–Kier alpha value is -2.51. The molecule has 0 aromatic heterocycles. The van der Waals surface area contributed by atoms with Gasteiger partial charge in [-0.2, -0.15) is 0 Å². The number of carbonyl (C=O) groups excluding carboxylic acids is 1. The van der Waals surface area contributed by atoms with E-state index in [9.17, 15) is 4.79 Å². The predicted octanol–water partition coefficient (Wildman–Crippen LogP) is 4.65. The zero-order valence-electron chi connectivity index (χ0n) is 16.6. The summed E-state index contributed by atoms with van der Waals surface area (Å²) < 4.78 is 17.7. The standard InChI is InChI=1S/C22H23NO4S2/c1-14-10-15(2)12-17(11-14)26-8-5-9-27-20-16(6-4-7-18(20)25-3)13-19-21(24)23-22(28)29-19/h4,6-7,10-13H,5,8-9H2,1-3H3,(H,23,24,28)/b19-13-. The Kier molecular flexibility index (Phi) is 7.17. The molecule has 1 N–H and O–H groups in total. The molecule has 152 valence electrons. The smallest absolute Gasteiger partial charge is 0.263 e. The Labute approximate surface area is 180 Å². The van der Waals surface area contributed by atoms with E-state index in [0.717, 1.165) is 11.3 Å². The highest BCUT2D eigenvalue weighted by molar-refractivity contribution is 8.26. The molecule has 29 heavy (non-hydrogen) atoms. The number of benzene rings is 2. The zero-order chi connectivity index (χ0) is 20.8. The average molecular weight is 430 g/mol. The van der Waals surface area contributed by atoms with E-state index in [1.807, 2.05) is 30.3 Å². The van der Waals surface area contributed by atoms with E-state index in [0.29, 0.717) is 40.4 Å². The Bertz CT molecular complexity index is 936. The van der Waals surface area contributed by atoms with Gasteiger partial charge < -0.3 is 19.5 Å². The second kappa shape index (κ2) is 9.80. The first-order valence-electron chi connectivity index (χ1n) is 9.22. The van der Waals surface area contributed by atoms with Crippen LogP contribution in [0.5, 0.6) is 17.2 Å². The predicted molar refractivity (Wildman–Crippen MR) is 121 cm³/mol. The molecule has 1 heterocycles. The molecule has 0 atom stereocenters. The summed E-state index contributed by atoms with van der Waals surface area (Å²) in [5.74, 6) is 1.88. The molecule has 7 heteroatoms. The third-order valence-electron chi connectivity index (χ3n) is 4.16. The van der Waals surface area contributed by atoms with Crippen molar-refractivity contribution < 1.29 is 19.0 Å². The highest BCUT2D eigenvalue weighted by atomic mass is 32.2. The lowest BCUT2D eigenvalue weighted by Gasteiger charge is -2.14. The van der Waals surface area contributed by atoms with E-state index in [2.05, 4.69) is 25.2 Å². The summed E-state index contributed by atoms with van der Waals surface area (Å²) in [6.07, 6.45) is 2.48. The van der Waals surface area contributed by atoms with Crippen molar-refractivity contribution in [3.05, 3.63) is 58.0 Å². The number of ether oxygens (including phenoxy) is 3. The summed E-state index contributed by atoms with van der Waals surface area (Å²) in [6, 6.07) is 11.7. The first-order valence-corrected chi connectivity index (χ1v) is 10.4. The molecule has 0 saturated carbocycles. The maximum atomic E-state index is 12.0. The van der Waals surface area contributed by atoms with Gasteiger partial charge in [0.05, 0.1) is 25.2 Å². The van der Waals surface area contributed by atoms with Crippen LogP contribution in [0, 0.1) is 13.8 Å². The molecule has 1 fully saturated rings. The van der Waals surface area contributed by atoms with Crippen LogP contribution < -0.4 is 19.5 Å². The minimum atomic E-state index is -0.199. The first-order chi connectivity index (χ1) is 14.0. The largest absolute Gasteiger partial charge is 0.493 e. The van der Waals surface area contributed by atoms with Crippen molar-refractivity contribution in [1.82, 2.24) is 5.32 Å². The fraction of sp³-hybridized carbons (Fsp3) is 0.273. The number of hydrogen-bond donors (Lipinski definition) is 1. The molecule has 0 aliphatic carbocycles. The van der Waals surface area contributed by atoms with Gasteiger partial charge in [0.2, 0.25) is 0 Å². The maximum absolute atomic E-state index is 12.0. The van der Waals surface area contributed by atoms with Crippen LogP contribution in [0.15, 0.2) is 41.3 Å². The van der Waals surface area contributed by atoms with Crippen molar-refractivity contribution in [3.63, 3.8) is 0 Å². The van der Waals surface area contributed by atoms with Gasteiger partial charge in [0, 0.05) is 12.0 Å². The van der Waals surface area contributed by atoms with E-state index >= 15 is 0 Å². The number of hydrogen-bond acceptors (Lipinski definition) is 6. The first kappa shape index (κ1) is 21.2. The number of nitrogens with one attached hydrogen (secondary N) is 1. The number of thioether (sulfide) groups is 1. The summed E-state index contributed by atoms with van der Waals surface area (Å²) in [7, 11) is 1.59. The van der Waals surface area contributed by atoms with Crippen LogP contribution in [0.4, 0.5) is 0 Å². The number of aryl methyl sites for hydroxylation is 2. The van der Waals surface area contributed by atoms with Gasteiger partial charge in [0.1, 0.15) is 10.1 Å². The van der Waals surface area contributed by atoms with Crippen LogP contribution in [0.3, 0.4) is 0 Å². The molecule has 5 nitrogen and oxygen atoms in total. The van der Waals surface area contributed by atoms with E-state index in [1.165, 1.54) is 22.9 Å². The molecule has 1 aliphatic rings. The molecule has 3 rings (SSSR count). The van der Waals surface area contributed by atoms with E-state index < -0.39 is 0 Å². The average Bonchev–Trinajstić information content (AvgIpc) is 2.98. The number of rotatable bonds is 8. The van der Waals surface area contributed by atoms with Crippen molar-refractivity contribution in [2.24, 2.45) is 0 Å². The van der Waals surface area contributed by atoms with Crippen LogP contribution in [0.25, 0.3) is 6.08 Å². The van der Waals surface area contributed by atoms with E-state index in [-0.39, 0.29) is 5.91 Å². The van der Waals surface area contributed by atoms with Crippen LogP contribution in [0.1, 0.15) is 23.1 Å². The van der Waals surface area contributed by atoms with Crippen molar-refractivity contribution in [3.8, 4) is 17.2 Å². The topological polar surface area (TPSA) is 56.8 Å². The quantitative estimate of drug-likeness (QED) is 0.375. The molecule has 1 aliphatic heterocycles. The molecule has 0 radical (unpaired) electrons. The lowest BCUT2D eigenvalue weighted by Crippen LogP contribution is -2.17. The molecule has 0 unspecified atom stereocenters. The molecular weight excluding hydrogens is 406 g/mol. The van der Waals surface area contributed by atoms with Crippen LogP contribution in [-0.2, 0) is 4.79 Å². The van der Waals surface area contributed by atoms with Crippen LogP contribution in [0.2, 0.25) is 0 Å². The van der Waals surface area contributed by atoms with Gasteiger partial charge in [-0.1, -0.05) is 42.2 Å². The minimum Gasteiger partial charge on any atom is -0.493 e. The SMILES string of the molecule is COc1cccc(/C=C2\SC(=S)NC2=O)c1OCCCOc1cc(C)cc(C)c1. The van der Waals surface area contributed by atoms with Gasteiger partial charge >= 0.3 is 0 Å². The number of methoxy groups -OCH3 is 1. The Morgan fingerprint density at radius 1 is 1.10 bits per heavy atom. The van der Waals surface area contributed by atoms with Crippen molar-refractivity contribution >= 4 is 40.3 Å². The lowest BCUT2D eigenvalue weighted by molar-refractivity contribution is -0.115. The highest BCUT2D eigenvalue weighted by Crippen LogP contribution is 2.35. The van der Waals surface area contributed by atoms with Crippen molar-refractivity contribution in [2.75, 3.05) is 20.3 Å². The summed E-state index contributed by atoms with van der Waals surface area (Å²) in [4.78, 5) is 12.5. The molecule has 2 aromatic carbocycles. The zero-order valence-corrected chi connectivity index (χ0v) is 18.2. The Morgan fingerprint density at radius 3 is 2.48 bits per heavy atom. The fourth-order valence-electron chi connectivity index (χ4n) is 2.96. The maximum Gasteiger partial charge on any atom is 0.263 e. The van der Waals surface area contributed by atoms with Crippen LogP contribution in [-0.4, -0.2) is 30.6 Å². The van der Waals surface area contributed by atoms with Crippen molar-refractivity contribution in [1.29, 1.82) is 0 Å². The number of para-hydroxylation sites is 1. The lowest BCUT2D eigenvalue weighted by atomic mass is 10.1. The fourth-order valence-corrected chi connectivity index (χ4v) is 4.00. The monoisotopic (exact) mass is 429 g/mol. The van der Waals surface area contributed by atoms with E-state index in [1.54, 1.807) is 13.2 Å². The van der Waals surface area contributed by atoms with Gasteiger partial charge in [-0.3, -0.25) is 4.79 Å². The molecule has 1 saturated heterocycles. The van der Waals surface area contributed by atoms with Gasteiger partial charge in [-0.15, -0.1) is 0 Å². The van der Waals surface area contributed by atoms with Gasteiger partial charge in [0.15, 0.2) is 11.5 Å². The molecule has 1 amide bonds. The molecular formula is C22H23NO4S2. The van der Waals surface area contributed by atoms with E-state index in [4.69, 9.17) is 26.4 Å². The second-order valence-corrected chi connectivity index (χ2v) is 8.32. The Morgan fingerprint density at radius 2 is 1.83 bits per heavy atom. The summed E-state index contributed by atoms with van der Waals surface area (Å²) in [6.45, 7) is 5.10. The van der Waals surface area contributed by atoms with Gasteiger partial charge in [-0.25, -0.2) is 0 Å². The normalized spacial score (nSPS) is 14.8. The number of thiocarbonyl (C=S) groups is 1. The summed E-state index contributed by atoms with van der Waals surface area (Å²) in [5, 5.41) is 2.62. The third-order valence-corrected chi connectivity index (χ3v) is 5.32. The summed E-state index contributed by atoms with van der Waals surface area (Å²) >= 11 is 6.28. The molecule has 0 bridgehead atoms. The van der Waals surface area contributed by atoms with Gasteiger partial charge in [-0.05, 0) is 49.2 Å². The highest BCUT2D eigenvalue weighted by Gasteiger charge is 2.23. The molecule has 0 spiro atoms. The third kappa shape index (κ3) is 5.74. The summed E-state index contributed by atoms with van der Waals surface area (Å²) in [5.41, 5.74) is 3.12. The van der Waals surface area contributed by atoms with Gasteiger partial charge in [0.25, 0.3) is 5.91 Å². The van der Waals surface area contributed by atoms with Crippen molar-refractivity contribution in [2.45, 2.75) is 20.3 Å². The Balaban J connectivity index is 1.63.